The van der Waals surface area contributed by atoms with Gasteiger partial charge in [-0.2, -0.15) is 4.99 Å². The second-order valence-electron chi connectivity index (χ2n) is 2.73. The number of nitrogens with one attached hydrogen (secondary N) is 1. The Labute approximate surface area is 94.7 Å². The van der Waals surface area contributed by atoms with Crippen LogP contribution in [-0.2, 0) is 5.75 Å². The van der Waals surface area contributed by atoms with Crippen molar-refractivity contribution in [3.05, 3.63) is 28.3 Å². The zero-order chi connectivity index (χ0) is 12.1. The van der Waals surface area contributed by atoms with Crippen molar-refractivity contribution in [2.75, 3.05) is 0 Å². The summed E-state index contributed by atoms with van der Waals surface area (Å²) >= 11 is 0.994. The molecule has 7 nitrogen and oxygen atoms in total. The highest BCUT2D eigenvalue weighted by molar-refractivity contribution is 8.13. The Morgan fingerprint density at radius 3 is 2.88 bits per heavy atom. The Morgan fingerprint density at radius 1 is 1.62 bits per heavy atom. The second kappa shape index (κ2) is 5.21. The van der Waals surface area contributed by atoms with Crippen LogP contribution in [0.5, 0.6) is 5.75 Å². The largest absolute Gasteiger partial charge is 0.502 e. The Hall–Kier alpha value is -1.96. The maximum absolute atomic E-state index is 11.0. The summed E-state index contributed by atoms with van der Waals surface area (Å²) in [6.45, 7) is 0. The molecule has 0 aromatic carbocycles. The van der Waals surface area contributed by atoms with Crippen LogP contribution in [0.1, 0.15) is 5.76 Å². The Bertz CT molecular complexity index is 478. The third kappa shape index (κ3) is 3.65. The van der Waals surface area contributed by atoms with E-state index in [4.69, 9.17) is 26.4 Å². The van der Waals surface area contributed by atoms with E-state index in [0.717, 1.165) is 24.1 Å². The molecule has 0 unspecified atom stereocenters. The minimum Gasteiger partial charge on any atom is -0.502 e. The number of hydrogen-bond acceptors (Lipinski definition) is 5. The van der Waals surface area contributed by atoms with Gasteiger partial charge >= 0.3 is 0 Å². The number of hydrogen-bond donors (Lipinski definition) is 4. The number of nitrogens with zero attached hydrogens (tertiary/aromatic N) is 1. The van der Waals surface area contributed by atoms with Crippen molar-refractivity contribution in [1.82, 2.24) is 0 Å². The van der Waals surface area contributed by atoms with E-state index in [-0.39, 0.29) is 16.9 Å². The van der Waals surface area contributed by atoms with Gasteiger partial charge in [-0.15, -0.1) is 0 Å². The van der Waals surface area contributed by atoms with Crippen LogP contribution in [-0.4, -0.2) is 16.2 Å². The van der Waals surface area contributed by atoms with E-state index in [0.29, 0.717) is 5.76 Å². The van der Waals surface area contributed by atoms with Gasteiger partial charge in [-0.05, 0) is 0 Å². The first-order valence-corrected chi connectivity index (χ1v) is 5.09. The number of guanidine groups is 1. The molecule has 0 fully saturated rings. The molecule has 0 amide bonds. The molecule has 0 aliphatic heterocycles. The van der Waals surface area contributed by atoms with Crippen LogP contribution in [0.2, 0.25) is 0 Å². The summed E-state index contributed by atoms with van der Waals surface area (Å²) in [5.74, 6) is -0.105. The van der Waals surface area contributed by atoms with Crippen molar-refractivity contribution in [3.63, 3.8) is 0 Å². The molecule has 86 valence electrons. The predicted molar refractivity (Wildman–Crippen MR) is 61.5 cm³/mol. The molecule has 16 heavy (non-hydrogen) atoms. The molecular formula is C8H10N4O3S. The van der Waals surface area contributed by atoms with Crippen molar-refractivity contribution in [3.8, 4) is 5.75 Å². The van der Waals surface area contributed by atoms with Crippen LogP contribution in [0, 0.1) is 5.41 Å². The Balaban J connectivity index is 2.62. The maximum atomic E-state index is 11.0. The van der Waals surface area contributed by atoms with Gasteiger partial charge in [0.05, 0.1) is 5.75 Å². The van der Waals surface area contributed by atoms with Gasteiger partial charge in [0, 0.05) is 6.07 Å². The molecule has 0 spiro atoms. The number of thioether (sulfide) groups is 1. The van der Waals surface area contributed by atoms with Gasteiger partial charge in [0.15, 0.2) is 16.9 Å². The molecule has 8 heteroatoms. The van der Waals surface area contributed by atoms with Crippen LogP contribution in [0.4, 0.5) is 0 Å². The minimum absolute atomic E-state index is 0.0873. The molecule has 0 aliphatic carbocycles. The van der Waals surface area contributed by atoms with Crippen molar-refractivity contribution < 1.29 is 9.52 Å². The molecule has 0 atom stereocenters. The lowest BCUT2D eigenvalue weighted by molar-refractivity contribution is 0.419. The van der Waals surface area contributed by atoms with Gasteiger partial charge < -0.3 is 21.0 Å². The Morgan fingerprint density at radius 2 is 2.31 bits per heavy atom. The van der Waals surface area contributed by atoms with Gasteiger partial charge in [0.2, 0.25) is 5.43 Å². The molecule has 0 radical (unpaired) electrons. The number of amidine groups is 1. The van der Waals surface area contributed by atoms with Gasteiger partial charge in [-0.25, -0.2) is 0 Å². The van der Waals surface area contributed by atoms with E-state index in [1.165, 1.54) is 0 Å². The second-order valence-corrected chi connectivity index (χ2v) is 3.69. The third-order valence-electron chi connectivity index (χ3n) is 1.45. The van der Waals surface area contributed by atoms with Crippen LogP contribution in [0.15, 0.2) is 26.5 Å². The van der Waals surface area contributed by atoms with Crippen molar-refractivity contribution >= 4 is 22.9 Å². The average Bonchev–Trinajstić information content (AvgIpc) is 2.19. The first-order valence-electron chi connectivity index (χ1n) is 4.10. The zero-order valence-electron chi connectivity index (χ0n) is 8.14. The standard InChI is InChI=1S/C8H10N4O3S/c9-7(10)12-8(11)16-3-4-1-5(13)6(14)2-15-4/h1-2,14H,3H2,(H5,9,10,11,12). The summed E-state index contributed by atoms with van der Waals surface area (Å²) in [6.07, 6.45) is 0.947. The first kappa shape index (κ1) is 12.1. The monoisotopic (exact) mass is 242 g/mol. The molecule has 1 aromatic rings. The predicted octanol–water partition coefficient (Wildman–Crippen LogP) is -0.213. The maximum Gasteiger partial charge on any atom is 0.226 e. The molecule has 1 aromatic heterocycles. The number of aromatic hydroxyl groups is 1. The number of rotatable bonds is 2. The normalized spacial score (nSPS) is 9.75. The number of nitrogens with two attached hydrogens (primary N) is 2. The highest BCUT2D eigenvalue weighted by atomic mass is 32.2. The van der Waals surface area contributed by atoms with E-state index in [1.807, 2.05) is 0 Å². The van der Waals surface area contributed by atoms with Gasteiger partial charge in [0.25, 0.3) is 0 Å². The number of aliphatic imine (C=N–C) groups is 1. The van der Waals surface area contributed by atoms with Gasteiger partial charge in [-0.1, -0.05) is 11.8 Å². The molecule has 0 aliphatic rings. The molecule has 1 heterocycles. The van der Waals surface area contributed by atoms with Crippen molar-refractivity contribution in [2.24, 2.45) is 16.5 Å². The highest BCUT2D eigenvalue weighted by Crippen LogP contribution is 2.13. The fraction of sp³-hybridized carbons (Fsp3) is 0.125. The third-order valence-corrected chi connectivity index (χ3v) is 2.24. The fourth-order valence-corrected chi connectivity index (χ4v) is 1.41. The SMILES string of the molecule is N=C(N=C(N)N)SCc1cc(=O)c(O)co1. The summed E-state index contributed by atoms with van der Waals surface area (Å²) in [6, 6.07) is 1.14. The van der Waals surface area contributed by atoms with Gasteiger partial charge in [0.1, 0.15) is 12.0 Å². The summed E-state index contributed by atoms with van der Waals surface area (Å²) < 4.78 is 4.92. The molecule has 0 saturated heterocycles. The highest BCUT2D eigenvalue weighted by Gasteiger charge is 2.03. The van der Waals surface area contributed by atoms with Crippen LogP contribution < -0.4 is 16.9 Å². The van der Waals surface area contributed by atoms with Crippen molar-refractivity contribution in [1.29, 1.82) is 5.41 Å². The first-order chi connectivity index (χ1) is 7.49. The summed E-state index contributed by atoms with van der Waals surface area (Å²) in [5.41, 5.74) is 9.61. The summed E-state index contributed by atoms with van der Waals surface area (Å²) in [4.78, 5) is 14.5. The van der Waals surface area contributed by atoms with Crippen LogP contribution in [0.3, 0.4) is 0 Å². The smallest absolute Gasteiger partial charge is 0.226 e. The quantitative estimate of drug-likeness (QED) is 0.418. The summed E-state index contributed by atoms with van der Waals surface area (Å²) in [7, 11) is 0. The zero-order valence-corrected chi connectivity index (χ0v) is 8.95. The van der Waals surface area contributed by atoms with Crippen molar-refractivity contribution in [2.45, 2.75) is 5.75 Å². The van der Waals surface area contributed by atoms with E-state index >= 15 is 0 Å². The molecule has 6 N–H and O–H groups in total. The molecular weight excluding hydrogens is 232 g/mol. The molecule has 0 saturated carbocycles. The lowest BCUT2D eigenvalue weighted by Crippen LogP contribution is -2.23. The fourth-order valence-electron chi connectivity index (χ4n) is 0.808. The van der Waals surface area contributed by atoms with E-state index < -0.39 is 11.2 Å². The molecule has 1 rings (SSSR count). The Kier molecular flexibility index (Phi) is 3.95. The topological polar surface area (TPSA) is 139 Å². The lowest BCUT2D eigenvalue weighted by Gasteiger charge is -1.99. The van der Waals surface area contributed by atoms with E-state index in [1.54, 1.807) is 0 Å². The molecule has 0 bridgehead atoms. The van der Waals surface area contributed by atoms with E-state index in [2.05, 4.69) is 4.99 Å². The van der Waals surface area contributed by atoms with Crippen LogP contribution >= 0.6 is 11.8 Å². The average molecular weight is 242 g/mol. The lowest BCUT2D eigenvalue weighted by atomic mass is 10.4. The summed E-state index contributed by atoms with van der Waals surface area (Å²) in [5, 5.41) is 16.2. The van der Waals surface area contributed by atoms with E-state index in [9.17, 15) is 4.79 Å². The van der Waals surface area contributed by atoms with Crippen LogP contribution in [0.25, 0.3) is 0 Å². The van der Waals surface area contributed by atoms with Gasteiger partial charge in [-0.3, -0.25) is 10.2 Å². The minimum atomic E-state index is -0.532.